The second kappa shape index (κ2) is 5.26. The zero-order chi connectivity index (χ0) is 15.0. The van der Waals surface area contributed by atoms with Crippen molar-refractivity contribution < 1.29 is 9.90 Å². The van der Waals surface area contributed by atoms with Gasteiger partial charge in [-0.2, -0.15) is 0 Å². The lowest BCUT2D eigenvalue weighted by atomic mass is 10.1. The molecule has 0 aliphatic rings. The van der Waals surface area contributed by atoms with E-state index in [4.69, 9.17) is 11.6 Å². The standard InChI is InChI=1S/C17H14ClNO2/c1-11-5-4-7-12-9-15(17(20)21)19(16(11)12)10-13-6-2-3-8-14(13)18/h2-9H,10H2,1H3,(H,20,21). The average Bonchev–Trinajstić information content (AvgIpc) is 2.82. The fourth-order valence-corrected chi connectivity index (χ4v) is 2.85. The summed E-state index contributed by atoms with van der Waals surface area (Å²) in [6.45, 7) is 2.42. The molecule has 0 bridgehead atoms. The maximum atomic E-state index is 11.5. The van der Waals surface area contributed by atoms with E-state index in [9.17, 15) is 9.90 Å². The maximum Gasteiger partial charge on any atom is 0.352 e. The number of rotatable bonds is 3. The number of fused-ring (bicyclic) bond motifs is 1. The molecule has 0 spiro atoms. The molecule has 2 aromatic carbocycles. The van der Waals surface area contributed by atoms with E-state index >= 15 is 0 Å². The summed E-state index contributed by atoms with van der Waals surface area (Å²) in [7, 11) is 0. The first-order valence-electron chi connectivity index (χ1n) is 6.63. The van der Waals surface area contributed by atoms with Crippen LogP contribution in [0.15, 0.2) is 48.5 Å². The molecule has 0 saturated carbocycles. The highest BCUT2D eigenvalue weighted by atomic mass is 35.5. The summed E-state index contributed by atoms with van der Waals surface area (Å²) in [6.07, 6.45) is 0. The molecule has 0 unspecified atom stereocenters. The minimum atomic E-state index is -0.933. The molecule has 0 amide bonds. The van der Waals surface area contributed by atoms with E-state index in [1.165, 1.54) is 0 Å². The lowest BCUT2D eigenvalue weighted by molar-refractivity contribution is 0.0686. The Hall–Kier alpha value is -2.26. The Labute approximate surface area is 127 Å². The van der Waals surface area contributed by atoms with Crippen LogP contribution in [0.1, 0.15) is 21.6 Å². The third kappa shape index (κ3) is 2.41. The number of halogens is 1. The molecule has 106 valence electrons. The van der Waals surface area contributed by atoms with E-state index in [0.29, 0.717) is 11.6 Å². The van der Waals surface area contributed by atoms with Gasteiger partial charge in [0.2, 0.25) is 0 Å². The molecule has 4 heteroatoms. The zero-order valence-corrected chi connectivity index (χ0v) is 12.3. The minimum absolute atomic E-state index is 0.277. The highest BCUT2D eigenvalue weighted by Gasteiger charge is 2.16. The summed E-state index contributed by atoms with van der Waals surface area (Å²) < 4.78 is 1.81. The van der Waals surface area contributed by atoms with Crippen molar-refractivity contribution in [3.8, 4) is 0 Å². The Morgan fingerprint density at radius 3 is 2.67 bits per heavy atom. The topological polar surface area (TPSA) is 42.2 Å². The summed E-state index contributed by atoms with van der Waals surface area (Å²) in [4.78, 5) is 11.5. The molecule has 0 saturated heterocycles. The van der Waals surface area contributed by atoms with Gasteiger partial charge in [0.1, 0.15) is 5.69 Å². The Kier molecular flexibility index (Phi) is 3.43. The van der Waals surface area contributed by atoms with Gasteiger partial charge < -0.3 is 9.67 Å². The van der Waals surface area contributed by atoms with Crippen LogP contribution in [0.2, 0.25) is 5.02 Å². The van der Waals surface area contributed by atoms with Crippen LogP contribution in [0.25, 0.3) is 10.9 Å². The molecule has 1 heterocycles. The number of carbonyl (C=O) groups is 1. The fraction of sp³-hybridized carbons (Fsp3) is 0.118. The minimum Gasteiger partial charge on any atom is -0.477 e. The average molecular weight is 300 g/mol. The molecule has 1 N–H and O–H groups in total. The first-order chi connectivity index (χ1) is 10.1. The van der Waals surface area contributed by atoms with Crippen LogP contribution in [-0.2, 0) is 6.54 Å². The number of benzene rings is 2. The SMILES string of the molecule is Cc1cccc2cc(C(=O)O)n(Cc3ccccc3Cl)c12. The van der Waals surface area contributed by atoms with Crippen LogP contribution < -0.4 is 0 Å². The van der Waals surface area contributed by atoms with Crippen LogP contribution in [0.5, 0.6) is 0 Å². The highest BCUT2D eigenvalue weighted by Crippen LogP contribution is 2.26. The second-order valence-electron chi connectivity index (χ2n) is 5.03. The van der Waals surface area contributed by atoms with Crippen molar-refractivity contribution in [2.75, 3.05) is 0 Å². The van der Waals surface area contributed by atoms with Crippen LogP contribution in [0.4, 0.5) is 0 Å². The molecule has 3 rings (SSSR count). The van der Waals surface area contributed by atoms with Gasteiger partial charge in [-0.15, -0.1) is 0 Å². The monoisotopic (exact) mass is 299 g/mol. The quantitative estimate of drug-likeness (QED) is 0.781. The summed E-state index contributed by atoms with van der Waals surface area (Å²) in [5.74, 6) is -0.933. The molecule has 3 aromatic rings. The lowest BCUT2D eigenvalue weighted by Crippen LogP contribution is -2.10. The number of hydrogen-bond acceptors (Lipinski definition) is 1. The Morgan fingerprint density at radius 2 is 1.95 bits per heavy atom. The van der Waals surface area contributed by atoms with Gasteiger partial charge >= 0.3 is 5.97 Å². The number of para-hydroxylation sites is 1. The van der Waals surface area contributed by atoms with Gasteiger partial charge in [0.15, 0.2) is 0 Å². The van der Waals surface area contributed by atoms with Gasteiger partial charge in [-0.1, -0.05) is 48.0 Å². The number of aryl methyl sites for hydroxylation is 1. The number of aromatic nitrogens is 1. The summed E-state index contributed by atoms with van der Waals surface area (Å²) >= 11 is 6.20. The zero-order valence-electron chi connectivity index (χ0n) is 11.5. The maximum absolute atomic E-state index is 11.5. The van der Waals surface area contributed by atoms with Crippen molar-refractivity contribution in [3.05, 3.63) is 70.4 Å². The highest BCUT2D eigenvalue weighted by molar-refractivity contribution is 6.31. The molecule has 0 fully saturated rings. The Balaban J connectivity index is 2.23. The van der Waals surface area contributed by atoms with Gasteiger partial charge in [0, 0.05) is 17.0 Å². The van der Waals surface area contributed by atoms with Crippen molar-refractivity contribution in [1.29, 1.82) is 0 Å². The second-order valence-corrected chi connectivity index (χ2v) is 5.43. The Morgan fingerprint density at radius 1 is 1.19 bits per heavy atom. The number of hydrogen-bond donors (Lipinski definition) is 1. The number of aromatic carboxylic acids is 1. The molecular weight excluding hydrogens is 286 g/mol. The number of carboxylic acid groups (broad SMARTS) is 1. The number of carboxylic acids is 1. The molecular formula is C17H14ClNO2. The normalized spacial score (nSPS) is 11.0. The fourth-order valence-electron chi connectivity index (χ4n) is 2.65. The molecule has 0 atom stereocenters. The van der Waals surface area contributed by atoms with Crippen LogP contribution in [-0.4, -0.2) is 15.6 Å². The third-order valence-corrected chi connectivity index (χ3v) is 4.00. The van der Waals surface area contributed by atoms with Gasteiger partial charge in [-0.25, -0.2) is 4.79 Å². The van der Waals surface area contributed by atoms with Gasteiger partial charge in [-0.3, -0.25) is 0 Å². The summed E-state index contributed by atoms with van der Waals surface area (Å²) in [5.41, 5.74) is 3.17. The predicted molar refractivity (Wildman–Crippen MR) is 84.2 cm³/mol. The lowest BCUT2D eigenvalue weighted by Gasteiger charge is -2.11. The van der Waals surface area contributed by atoms with Crippen molar-refractivity contribution >= 4 is 28.5 Å². The van der Waals surface area contributed by atoms with E-state index in [1.807, 2.05) is 54.0 Å². The van der Waals surface area contributed by atoms with Gasteiger partial charge in [0.25, 0.3) is 0 Å². The molecule has 1 aromatic heterocycles. The predicted octanol–water partition coefficient (Wildman–Crippen LogP) is 4.35. The number of nitrogens with zero attached hydrogens (tertiary/aromatic N) is 1. The first-order valence-corrected chi connectivity index (χ1v) is 7.01. The molecule has 3 nitrogen and oxygen atoms in total. The van der Waals surface area contributed by atoms with Gasteiger partial charge in [-0.05, 0) is 30.2 Å². The Bertz CT molecular complexity index is 836. The smallest absolute Gasteiger partial charge is 0.352 e. The van der Waals surface area contributed by atoms with Crippen molar-refractivity contribution in [2.45, 2.75) is 13.5 Å². The van der Waals surface area contributed by atoms with Crippen LogP contribution >= 0.6 is 11.6 Å². The van der Waals surface area contributed by atoms with E-state index in [0.717, 1.165) is 22.0 Å². The molecule has 0 radical (unpaired) electrons. The third-order valence-electron chi connectivity index (χ3n) is 3.63. The molecule has 21 heavy (non-hydrogen) atoms. The largest absolute Gasteiger partial charge is 0.477 e. The van der Waals surface area contributed by atoms with E-state index in [-0.39, 0.29) is 5.69 Å². The van der Waals surface area contributed by atoms with Crippen LogP contribution in [0, 0.1) is 6.92 Å². The first kappa shape index (κ1) is 13.7. The van der Waals surface area contributed by atoms with E-state index in [1.54, 1.807) is 6.07 Å². The van der Waals surface area contributed by atoms with Crippen LogP contribution in [0.3, 0.4) is 0 Å². The summed E-state index contributed by atoms with van der Waals surface area (Å²) in [6, 6.07) is 15.1. The molecule has 0 aliphatic carbocycles. The van der Waals surface area contributed by atoms with Gasteiger partial charge in [0.05, 0.1) is 5.52 Å². The van der Waals surface area contributed by atoms with E-state index < -0.39 is 5.97 Å². The van der Waals surface area contributed by atoms with E-state index in [2.05, 4.69) is 0 Å². The van der Waals surface area contributed by atoms with Crippen molar-refractivity contribution in [1.82, 2.24) is 4.57 Å². The molecule has 0 aliphatic heterocycles. The van der Waals surface area contributed by atoms with Crippen molar-refractivity contribution in [3.63, 3.8) is 0 Å². The van der Waals surface area contributed by atoms with Crippen molar-refractivity contribution in [2.24, 2.45) is 0 Å². The summed E-state index contributed by atoms with van der Waals surface area (Å²) in [5, 5.41) is 11.0.